The molecule has 0 aromatic heterocycles. The fourth-order valence-electron chi connectivity index (χ4n) is 4.27. The molecule has 1 spiro atoms. The van der Waals surface area contributed by atoms with Gasteiger partial charge in [0, 0.05) is 28.8 Å². The third-order valence-corrected chi connectivity index (χ3v) is 7.15. The summed E-state index contributed by atoms with van der Waals surface area (Å²) in [7, 11) is -2.99. The van der Waals surface area contributed by atoms with Gasteiger partial charge < -0.3 is 24.5 Å². The van der Waals surface area contributed by atoms with Crippen LogP contribution in [0.3, 0.4) is 0 Å². The number of fused-ring (bicyclic) bond motifs is 6. The summed E-state index contributed by atoms with van der Waals surface area (Å²) in [6.45, 7) is 3.45. The molecule has 7 heteroatoms. The van der Waals surface area contributed by atoms with Crippen LogP contribution in [-0.4, -0.2) is 29.3 Å². The largest absolute Gasteiger partial charge is 0.508 e. The minimum absolute atomic E-state index is 0.00259. The van der Waals surface area contributed by atoms with Crippen LogP contribution in [-0.2, 0) is 10.3 Å². The van der Waals surface area contributed by atoms with Gasteiger partial charge in [-0.15, -0.1) is 0 Å². The van der Waals surface area contributed by atoms with Gasteiger partial charge in [0.15, 0.2) is 5.60 Å². The minimum atomic E-state index is -2.99. The van der Waals surface area contributed by atoms with Crippen molar-refractivity contribution in [3.05, 3.63) is 76.9 Å². The van der Waals surface area contributed by atoms with E-state index in [4.69, 9.17) is 9.47 Å². The Morgan fingerprint density at radius 2 is 1.62 bits per heavy atom. The van der Waals surface area contributed by atoms with Crippen LogP contribution in [0.1, 0.15) is 27.0 Å². The Hall–Kier alpha value is -3.29. The number of hydrogen-bond acceptors (Lipinski definition) is 6. The minimum Gasteiger partial charge on any atom is -0.508 e. The van der Waals surface area contributed by atoms with E-state index in [0.29, 0.717) is 33.2 Å². The lowest BCUT2D eigenvalue weighted by atomic mass is 9.77. The zero-order valence-electron chi connectivity index (χ0n) is 15.8. The van der Waals surface area contributed by atoms with E-state index in [-0.39, 0.29) is 17.2 Å². The first-order chi connectivity index (χ1) is 13.7. The molecule has 0 aliphatic carbocycles. The summed E-state index contributed by atoms with van der Waals surface area (Å²) in [5.41, 5.74) is 0.764. The van der Waals surface area contributed by atoms with Crippen LogP contribution in [0.2, 0.25) is 13.1 Å². The van der Waals surface area contributed by atoms with Gasteiger partial charge in [0.1, 0.15) is 23.0 Å². The van der Waals surface area contributed by atoms with Crippen LogP contribution < -0.4 is 9.92 Å². The molecule has 29 heavy (non-hydrogen) atoms. The topological polar surface area (TPSA) is 96.2 Å². The molecule has 3 aromatic carbocycles. The molecule has 3 aromatic rings. The molecule has 3 N–H and O–H groups in total. The summed E-state index contributed by atoms with van der Waals surface area (Å²) in [5, 5.41) is 20.8. The second-order valence-electron chi connectivity index (χ2n) is 7.82. The highest BCUT2D eigenvalue weighted by Crippen LogP contribution is 2.56. The van der Waals surface area contributed by atoms with E-state index in [1.807, 2.05) is 12.1 Å². The van der Waals surface area contributed by atoms with Crippen LogP contribution in [0, 0.1) is 0 Å². The Bertz CT molecular complexity index is 1200. The molecule has 0 fully saturated rings. The molecular weight excluding hydrogens is 388 g/mol. The van der Waals surface area contributed by atoms with Gasteiger partial charge in [-0.25, -0.2) is 4.79 Å². The van der Waals surface area contributed by atoms with Crippen molar-refractivity contribution < 1.29 is 29.3 Å². The lowest BCUT2D eigenvalue weighted by molar-refractivity contribution is 0.0227. The fourth-order valence-corrected chi connectivity index (χ4v) is 5.68. The van der Waals surface area contributed by atoms with Gasteiger partial charge in [-0.05, 0) is 42.5 Å². The highest BCUT2D eigenvalue weighted by molar-refractivity contribution is 6.83. The zero-order valence-corrected chi connectivity index (χ0v) is 16.8. The highest BCUT2D eigenvalue weighted by Gasteiger charge is 2.55. The van der Waals surface area contributed by atoms with Crippen LogP contribution >= 0.6 is 0 Å². The molecule has 2 aliphatic rings. The number of ether oxygens (including phenoxy) is 2. The highest BCUT2D eigenvalue weighted by atomic mass is 28.4. The molecule has 1 unspecified atom stereocenters. The average molecular weight is 406 g/mol. The molecule has 1 atom stereocenters. The van der Waals surface area contributed by atoms with Crippen LogP contribution in [0.25, 0.3) is 0 Å². The lowest BCUT2D eigenvalue weighted by Gasteiger charge is -2.39. The molecule has 0 saturated heterocycles. The van der Waals surface area contributed by atoms with Gasteiger partial charge in [-0.1, -0.05) is 18.2 Å². The Labute approximate surface area is 167 Å². The van der Waals surface area contributed by atoms with E-state index in [1.165, 1.54) is 24.3 Å². The third kappa shape index (κ3) is 2.34. The summed E-state index contributed by atoms with van der Waals surface area (Å²) in [6.07, 6.45) is 0. The quantitative estimate of drug-likeness (QED) is 0.425. The van der Waals surface area contributed by atoms with Gasteiger partial charge in [0.05, 0.1) is 5.56 Å². The molecular formula is C22H18O6Si. The van der Waals surface area contributed by atoms with Gasteiger partial charge in [0.25, 0.3) is 0 Å². The first-order valence-electron chi connectivity index (χ1n) is 9.16. The number of carbonyl (C=O) groups is 1. The van der Waals surface area contributed by atoms with Crippen LogP contribution in [0.15, 0.2) is 54.6 Å². The van der Waals surface area contributed by atoms with Crippen LogP contribution in [0.4, 0.5) is 0 Å². The summed E-state index contributed by atoms with van der Waals surface area (Å²) in [4.78, 5) is 23.9. The fraction of sp³-hybridized carbons (Fsp3) is 0.136. The molecule has 0 saturated carbocycles. The van der Waals surface area contributed by atoms with Crippen molar-refractivity contribution in [1.29, 1.82) is 0 Å². The van der Waals surface area contributed by atoms with Gasteiger partial charge in [-0.3, -0.25) is 0 Å². The summed E-state index contributed by atoms with van der Waals surface area (Å²) in [5.74, 6) is 0.0408. The van der Waals surface area contributed by atoms with Crippen molar-refractivity contribution in [2.24, 2.45) is 0 Å². The van der Waals surface area contributed by atoms with E-state index >= 15 is 0 Å². The maximum absolute atomic E-state index is 12.8. The van der Waals surface area contributed by atoms with Gasteiger partial charge in [-0.2, -0.15) is 0 Å². The predicted molar refractivity (Wildman–Crippen MR) is 107 cm³/mol. The first-order valence-corrected chi connectivity index (χ1v) is 12.1. The Morgan fingerprint density at radius 3 is 2.38 bits per heavy atom. The van der Waals surface area contributed by atoms with E-state index in [0.717, 1.165) is 0 Å². The second-order valence-corrected chi connectivity index (χ2v) is 11.5. The molecule has 0 radical (unpaired) electrons. The number of esters is 1. The number of hydrogen-bond donors (Lipinski definition) is 3. The van der Waals surface area contributed by atoms with Crippen molar-refractivity contribution in [3.63, 3.8) is 0 Å². The maximum Gasteiger partial charge on any atom is 0.340 e. The molecule has 5 rings (SSSR count). The van der Waals surface area contributed by atoms with Gasteiger partial charge >= 0.3 is 5.97 Å². The number of phenols is 2. The van der Waals surface area contributed by atoms with Crippen molar-refractivity contribution in [1.82, 2.24) is 0 Å². The SMILES string of the molecule is C[Si](C)(O)c1cc(O)cc2c1C1(OC(=O)c3ccccc31)c1ccc(O)cc1O2. The molecule has 0 bridgehead atoms. The van der Waals surface area contributed by atoms with E-state index in [2.05, 4.69) is 0 Å². The number of rotatable bonds is 1. The molecule has 6 nitrogen and oxygen atoms in total. The maximum atomic E-state index is 12.8. The average Bonchev–Trinajstić information content (AvgIpc) is 2.93. The van der Waals surface area contributed by atoms with Crippen molar-refractivity contribution in [2.45, 2.75) is 18.7 Å². The van der Waals surface area contributed by atoms with Crippen molar-refractivity contribution in [2.75, 3.05) is 0 Å². The number of carbonyl (C=O) groups excluding carboxylic acids is 1. The van der Waals surface area contributed by atoms with Crippen LogP contribution in [0.5, 0.6) is 23.0 Å². The summed E-state index contributed by atoms with van der Waals surface area (Å²) >= 11 is 0. The van der Waals surface area contributed by atoms with E-state index in [9.17, 15) is 19.8 Å². The monoisotopic (exact) mass is 406 g/mol. The predicted octanol–water partition coefficient (Wildman–Crippen LogP) is 3.07. The number of aromatic hydroxyl groups is 2. The zero-order chi connectivity index (χ0) is 20.6. The standard InChI is InChI=1S/C22H18O6Si/c1-29(2,26)19-11-13(24)10-18-20(19)22(16-8-7-12(23)9-17(16)27-18)15-6-4-3-5-14(15)21(25)28-22/h3-11,23-24,26H,1-2H3. The van der Waals surface area contributed by atoms with Gasteiger partial charge in [0.2, 0.25) is 8.32 Å². The Morgan fingerprint density at radius 1 is 0.897 bits per heavy atom. The summed E-state index contributed by atoms with van der Waals surface area (Å²) in [6, 6.07) is 14.6. The number of phenolic OH excluding ortho intramolecular Hbond substituents is 2. The van der Waals surface area contributed by atoms with Crippen molar-refractivity contribution >= 4 is 19.5 Å². The smallest absolute Gasteiger partial charge is 0.340 e. The molecule has 146 valence electrons. The Balaban J connectivity index is 1.96. The van der Waals surface area contributed by atoms with Crippen molar-refractivity contribution in [3.8, 4) is 23.0 Å². The first kappa shape index (κ1) is 17.8. The molecule has 2 aliphatic heterocycles. The lowest BCUT2D eigenvalue weighted by Crippen LogP contribution is -2.49. The normalized spacial score (nSPS) is 19.2. The van der Waals surface area contributed by atoms with E-state index in [1.54, 1.807) is 31.3 Å². The Kier molecular flexibility index (Phi) is 3.45. The molecule has 0 amide bonds. The van der Waals surface area contributed by atoms with E-state index < -0.39 is 19.9 Å². The third-order valence-electron chi connectivity index (χ3n) is 5.43. The number of benzene rings is 3. The second kappa shape index (κ2) is 5.62. The summed E-state index contributed by atoms with van der Waals surface area (Å²) < 4.78 is 12.1. The molecule has 2 heterocycles.